The van der Waals surface area contributed by atoms with E-state index < -0.39 is 11.7 Å². The fourth-order valence-corrected chi connectivity index (χ4v) is 2.25. The number of carbonyl (C=O) groups excluding carboxylic acids is 1. The average molecular weight is 288 g/mol. The van der Waals surface area contributed by atoms with Crippen LogP contribution in [0.5, 0.6) is 0 Å². The van der Waals surface area contributed by atoms with Crippen LogP contribution in [0.3, 0.4) is 0 Å². The highest BCUT2D eigenvalue weighted by Gasteiger charge is 2.18. The minimum Gasteiger partial charge on any atom is -0.444 e. The van der Waals surface area contributed by atoms with Gasteiger partial charge in [-0.25, -0.2) is 4.79 Å². The zero-order chi connectivity index (χ0) is 16.2. The molecule has 0 aliphatic carbocycles. The third-order valence-corrected chi connectivity index (χ3v) is 3.10. The van der Waals surface area contributed by atoms with Crippen molar-refractivity contribution < 1.29 is 9.53 Å². The largest absolute Gasteiger partial charge is 0.444 e. The number of nitrogens with one attached hydrogen (secondary N) is 1. The van der Waals surface area contributed by atoms with Gasteiger partial charge >= 0.3 is 6.09 Å². The van der Waals surface area contributed by atoms with Crippen molar-refractivity contribution in [3.05, 3.63) is 34.4 Å². The summed E-state index contributed by atoms with van der Waals surface area (Å²) in [5.41, 5.74) is 3.48. The molecule has 0 heterocycles. The van der Waals surface area contributed by atoms with Crippen molar-refractivity contribution in [2.45, 2.75) is 59.6 Å². The van der Waals surface area contributed by atoms with Crippen molar-refractivity contribution in [3.8, 4) is 6.07 Å². The lowest BCUT2D eigenvalue weighted by Crippen LogP contribution is -2.38. The van der Waals surface area contributed by atoms with Crippen molar-refractivity contribution >= 4 is 6.09 Å². The summed E-state index contributed by atoms with van der Waals surface area (Å²) in [7, 11) is 0. The summed E-state index contributed by atoms with van der Waals surface area (Å²) >= 11 is 0. The second-order valence-electron chi connectivity index (χ2n) is 6.45. The van der Waals surface area contributed by atoms with Crippen molar-refractivity contribution in [1.29, 1.82) is 5.26 Å². The van der Waals surface area contributed by atoms with Crippen LogP contribution in [-0.2, 0) is 11.2 Å². The van der Waals surface area contributed by atoms with Gasteiger partial charge in [-0.05, 0) is 76.8 Å². The van der Waals surface area contributed by atoms with Crippen molar-refractivity contribution in [3.63, 3.8) is 0 Å². The first-order valence-corrected chi connectivity index (χ1v) is 7.12. The monoisotopic (exact) mass is 288 g/mol. The number of rotatable bonds is 3. The van der Waals surface area contributed by atoms with Gasteiger partial charge in [0.15, 0.2) is 0 Å². The fraction of sp³-hybridized carbons (Fsp3) is 0.529. The highest BCUT2D eigenvalue weighted by molar-refractivity contribution is 5.68. The Balaban J connectivity index is 2.74. The molecule has 1 atom stereocenters. The maximum atomic E-state index is 11.8. The zero-order valence-corrected chi connectivity index (χ0v) is 13.7. The van der Waals surface area contributed by atoms with Gasteiger partial charge in [-0.3, -0.25) is 0 Å². The number of amides is 1. The van der Waals surface area contributed by atoms with E-state index in [4.69, 9.17) is 10.00 Å². The predicted octanol–water partition coefficient (Wildman–Crippen LogP) is 3.63. The number of nitriles is 1. The van der Waals surface area contributed by atoms with E-state index in [9.17, 15) is 4.79 Å². The number of carbonyl (C=O) groups is 1. The third kappa shape index (κ3) is 5.47. The Hall–Kier alpha value is -2.02. The summed E-state index contributed by atoms with van der Waals surface area (Å²) in [6.45, 7) is 11.4. The lowest BCUT2D eigenvalue weighted by atomic mass is 9.95. The Morgan fingerprint density at radius 1 is 1.33 bits per heavy atom. The van der Waals surface area contributed by atoms with Crippen molar-refractivity contribution in [1.82, 2.24) is 5.32 Å². The van der Waals surface area contributed by atoms with E-state index in [0.717, 1.165) is 16.7 Å². The van der Waals surface area contributed by atoms with Crippen molar-refractivity contribution in [2.75, 3.05) is 0 Å². The van der Waals surface area contributed by atoms with Crippen molar-refractivity contribution in [2.24, 2.45) is 0 Å². The highest BCUT2D eigenvalue weighted by Crippen LogP contribution is 2.18. The summed E-state index contributed by atoms with van der Waals surface area (Å²) in [5.74, 6) is 0. The number of alkyl carbamates (subject to hydrolysis) is 1. The van der Waals surface area contributed by atoms with Crippen LogP contribution in [0, 0.1) is 25.2 Å². The first-order valence-electron chi connectivity index (χ1n) is 7.12. The molecular formula is C17H24N2O2. The molecule has 0 aliphatic heterocycles. The summed E-state index contributed by atoms with van der Waals surface area (Å²) < 4.78 is 5.25. The predicted molar refractivity (Wildman–Crippen MR) is 83.2 cm³/mol. The number of hydrogen-bond donors (Lipinski definition) is 1. The molecule has 114 valence electrons. The first-order chi connectivity index (χ1) is 9.62. The maximum absolute atomic E-state index is 11.8. The fourth-order valence-electron chi connectivity index (χ4n) is 2.25. The molecule has 0 saturated carbocycles. The van der Waals surface area contributed by atoms with Crippen LogP contribution in [0.1, 0.15) is 49.9 Å². The van der Waals surface area contributed by atoms with Gasteiger partial charge in [0.1, 0.15) is 5.60 Å². The topological polar surface area (TPSA) is 62.1 Å². The van der Waals surface area contributed by atoms with Crippen LogP contribution >= 0.6 is 0 Å². The molecule has 0 radical (unpaired) electrons. The summed E-state index contributed by atoms with van der Waals surface area (Å²) in [6.07, 6.45) is 0.307. The van der Waals surface area contributed by atoms with E-state index >= 15 is 0 Å². The summed E-state index contributed by atoms with van der Waals surface area (Å²) in [4.78, 5) is 11.8. The molecular weight excluding hydrogens is 264 g/mol. The minimum absolute atomic E-state index is 0.0369. The van der Waals surface area contributed by atoms with Gasteiger partial charge in [0.25, 0.3) is 0 Å². The lowest BCUT2D eigenvalue weighted by molar-refractivity contribution is 0.0508. The Kier molecular flexibility index (Phi) is 5.37. The summed E-state index contributed by atoms with van der Waals surface area (Å²) in [5, 5.41) is 11.8. The highest BCUT2D eigenvalue weighted by atomic mass is 16.6. The average Bonchev–Trinajstić information content (AvgIpc) is 2.30. The van der Waals surface area contributed by atoms with Gasteiger partial charge in [0, 0.05) is 6.04 Å². The molecule has 1 unspecified atom stereocenters. The molecule has 0 aliphatic rings. The molecule has 0 saturated heterocycles. The molecule has 0 bridgehead atoms. The van der Waals surface area contributed by atoms with Crippen LogP contribution in [0.15, 0.2) is 12.1 Å². The molecule has 1 aromatic carbocycles. The first kappa shape index (κ1) is 17.0. The van der Waals surface area contributed by atoms with Crippen LogP contribution < -0.4 is 5.32 Å². The van der Waals surface area contributed by atoms with E-state index in [1.807, 2.05) is 53.7 Å². The number of benzene rings is 1. The SMILES string of the molecule is Cc1cc(C#N)cc(C)c1CC(C)NC(=O)OC(C)(C)C. The smallest absolute Gasteiger partial charge is 0.407 e. The normalized spacial score (nSPS) is 12.4. The number of ether oxygens (including phenoxy) is 1. The van der Waals surface area contributed by atoms with Crippen LogP contribution in [0.4, 0.5) is 4.79 Å². The zero-order valence-electron chi connectivity index (χ0n) is 13.7. The van der Waals surface area contributed by atoms with Crippen LogP contribution in [0.2, 0.25) is 0 Å². The number of hydrogen-bond acceptors (Lipinski definition) is 3. The molecule has 1 N–H and O–H groups in total. The number of nitrogens with zero attached hydrogens (tertiary/aromatic N) is 1. The van der Waals surface area contributed by atoms with Gasteiger partial charge in [0.05, 0.1) is 11.6 Å². The quantitative estimate of drug-likeness (QED) is 0.923. The standard InChI is InChI=1S/C17H24N2O2/c1-11-7-14(10-18)8-12(2)15(11)9-13(3)19-16(20)21-17(4,5)6/h7-8,13H,9H2,1-6H3,(H,19,20). The molecule has 4 nitrogen and oxygen atoms in total. The van der Waals surface area contributed by atoms with Gasteiger partial charge in [0.2, 0.25) is 0 Å². The van der Waals surface area contributed by atoms with Crippen LogP contribution in [-0.4, -0.2) is 17.7 Å². The summed E-state index contributed by atoms with van der Waals surface area (Å²) in [6, 6.07) is 5.88. The van der Waals surface area contributed by atoms with E-state index in [0.29, 0.717) is 12.0 Å². The van der Waals surface area contributed by atoms with E-state index in [1.54, 1.807) is 0 Å². The van der Waals surface area contributed by atoms with Crippen LogP contribution in [0.25, 0.3) is 0 Å². The maximum Gasteiger partial charge on any atom is 0.407 e. The molecule has 1 rings (SSSR count). The van der Waals surface area contributed by atoms with E-state index in [1.165, 1.54) is 0 Å². The second kappa shape index (κ2) is 6.62. The Morgan fingerprint density at radius 2 is 1.86 bits per heavy atom. The molecule has 0 spiro atoms. The number of aryl methyl sites for hydroxylation is 2. The van der Waals surface area contributed by atoms with Gasteiger partial charge in [-0.2, -0.15) is 5.26 Å². The van der Waals surface area contributed by atoms with Gasteiger partial charge in [-0.15, -0.1) is 0 Å². The van der Waals surface area contributed by atoms with Gasteiger partial charge in [-0.1, -0.05) is 0 Å². The molecule has 21 heavy (non-hydrogen) atoms. The molecule has 1 aromatic rings. The minimum atomic E-state index is -0.496. The Labute approximate surface area is 127 Å². The molecule has 0 aromatic heterocycles. The lowest BCUT2D eigenvalue weighted by Gasteiger charge is -2.22. The molecule has 1 amide bonds. The van der Waals surface area contributed by atoms with Gasteiger partial charge < -0.3 is 10.1 Å². The third-order valence-electron chi connectivity index (χ3n) is 3.10. The Morgan fingerprint density at radius 3 is 2.29 bits per heavy atom. The molecule has 0 fully saturated rings. The second-order valence-corrected chi connectivity index (χ2v) is 6.45. The molecule has 4 heteroatoms. The van der Waals surface area contributed by atoms with E-state index in [-0.39, 0.29) is 6.04 Å². The Bertz CT molecular complexity index is 542. The van der Waals surface area contributed by atoms with E-state index in [2.05, 4.69) is 11.4 Å².